The van der Waals surface area contributed by atoms with E-state index in [1.54, 1.807) is 23.9 Å². The van der Waals surface area contributed by atoms with Crippen LogP contribution in [-0.2, 0) is 10.0 Å². The molecule has 1 saturated heterocycles. The second-order valence-corrected chi connectivity index (χ2v) is 8.90. The molecule has 0 aromatic heterocycles. The summed E-state index contributed by atoms with van der Waals surface area (Å²) in [7, 11) is -3.53. The Hall–Kier alpha value is -1.50. The zero-order valence-electron chi connectivity index (χ0n) is 14.6. The second kappa shape index (κ2) is 7.81. The zero-order valence-corrected chi connectivity index (χ0v) is 16.2. The Morgan fingerprint density at radius 3 is 2.16 bits per heavy atom. The van der Waals surface area contributed by atoms with Crippen LogP contribution >= 0.6 is 11.8 Å². The molecule has 1 atom stereocenters. The lowest BCUT2D eigenvalue weighted by Crippen LogP contribution is -2.27. The average molecular weight is 377 g/mol. The lowest BCUT2D eigenvalue weighted by Gasteiger charge is -2.19. The highest BCUT2D eigenvalue weighted by molar-refractivity contribution is 7.98. The molecule has 25 heavy (non-hydrogen) atoms. The molecule has 3 rings (SSSR count). The van der Waals surface area contributed by atoms with Gasteiger partial charge >= 0.3 is 0 Å². The van der Waals surface area contributed by atoms with E-state index in [1.807, 2.05) is 37.4 Å². The zero-order chi connectivity index (χ0) is 17.9. The SMILES string of the molecule is CSc1ccc(S(=O)(=O)NC(C)c2ccc(N3CCCC3)cc2)cc1. The molecule has 1 N–H and O–H groups in total. The summed E-state index contributed by atoms with van der Waals surface area (Å²) in [6.45, 7) is 4.08. The molecule has 0 spiro atoms. The van der Waals surface area contributed by atoms with Gasteiger partial charge < -0.3 is 4.90 Å². The summed E-state index contributed by atoms with van der Waals surface area (Å²) < 4.78 is 27.9. The van der Waals surface area contributed by atoms with Crippen LogP contribution < -0.4 is 9.62 Å². The fourth-order valence-electron chi connectivity index (χ4n) is 3.07. The van der Waals surface area contributed by atoms with Gasteiger partial charge in [-0.05, 0) is 68.0 Å². The minimum Gasteiger partial charge on any atom is -0.372 e. The first-order chi connectivity index (χ1) is 12.0. The number of hydrogen-bond donors (Lipinski definition) is 1. The van der Waals surface area contributed by atoms with Crippen molar-refractivity contribution in [3.8, 4) is 0 Å². The molecule has 1 aliphatic heterocycles. The van der Waals surface area contributed by atoms with Crippen molar-refractivity contribution in [1.82, 2.24) is 4.72 Å². The minimum atomic E-state index is -3.53. The third kappa shape index (κ3) is 4.37. The predicted octanol–water partition coefficient (Wildman–Crippen LogP) is 4.05. The van der Waals surface area contributed by atoms with E-state index in [2.05, 4.69) is 21.8 Å². The van der Waals surface area contributed by atoms with Crippen LogP contribution in [0.15, 0.2) is 58.3 Å². The van der Waals surface area contributed by atoms with Crippen molar-refractivity contribution in [2.75, 3.05) is 24.2 Å². The molecular formula is C19H24N2O2S2. The quantitative estimate of drug-likeness (QED) is 0.773. The molecule has 1 heterocycles. The van der Waals surface area contributed by atoms with Crippen LogP contribution in [0, 0.1) is 0 Å². The van der Waals surface area contributed by atoms with Gasteiger partial charge in [0.15, 0.2) is 0 Å². The molecule has 1 unspecified atom stereocenters. The predicted molar refractivity (Wildman–Crippen MR) is 105 cm³/mol. The topological polar surface area (TPSA) is 49.4 Å². The summed E-state index contributed by atoms with van der Waals surface area (Å²) in [5.41, 5.74) is 2.18. The lowest BCUT2D eigenvalue weighted by molar-refractivity contribution is 0.567. The van der Waals surface area contributed by atoms with E-state index in [0.717, 1.165) is 23.5 Å². The second-order valence-electron chi connectivity index (χ2n) is 6.30. The molecule has 2 aromatic rings. The standard InChI is InChI=1S/C19H24N2O2S2/c1-15(16-5-7-17(8-6-16)21-13-3-4-14-21)20-25(22,23)19-11-9-18(24-2)10-12-19/h5-12,15,20H,3-4,13-14H2,1-2H3. The fourth-order valence-corrected chi connectivity index (χ4v) is 4.71. The normalized spacial score (nSPS) is 16.2. The van der Waals surface area contributed by atoms with Crippen molar-refractivity contribution in [1.29, 1.82) is 0 Å². The highest BCUT2D eigenvalue weighted by Crippen LogP contribution is 2.24. The van der Waals surface area contributed by atoms with E-state index in [1.165, 1.54) is 18.5 Å². The van der Waals surface area contributed by atoms with Crippen LogP contribution in [-0.4, -0.2) is 27.8 Å². The Labute approximate surface area is 154 Å². The molecule has 1 aliphatic rings. The van der Waals surface area contributed by atoms with Gasteiger partial charge in [-0.15, -0.1) is 11.8 Å². The van der Waals surface area contributed by atoms with Crippen LogP contribution in [0.2, 0.25) is 0 Å². The van der Waals surface area contributed by atoms with Crippen LogP contribution in [0.1, 0.15) is 31.4 Å². The Balaban J connectivity index is 1.70. The molecule has 1 fully saturated rings. The first kappa shape index (κ1) is 18.3. The van der Waals surface area contributed by atoms with Crippen molar-refractivity contribution in [3.63, 3.8) is 0 Å². The summed E-state index contributed by atoms with van der Waals surface area (Å²) in [5, 5.41) is 0. The van der Waals surface area contributed by atoms with Gasteiger partial charge in [-0.25, -0.2) is 13.1 Å². The van der Waals surface area contributed by atoms with Crippen LogP contribution in [0.4, 0.5) is 5.69 Å². The lowest BCUT2D eigenvalue weighted by atomic mass is 10.1. The minimum absolute atomic E-state index is 0.280. The summed E-state index contributed by atoms with van der Waals surface area (Å²) in [6.07, 6.45) is 4.45. The van der Waals surface area contributed by atoms with Crippen LogP contribution in [0.5, 0.6) is 0 Å². The number of nitrogens with one attached hydrogen (secondary N) is 1. The largest absolute Gasteiger partial charge is 0.372 e. The number of sulfonamides is 1. The molecule has 134 valence electrons. The van der Waals surface area contributed by atoms with Gasteiger partial charge in [0, 0.05) is 29.7 Å². The monoisotopic (exact) mass is 376 g/mol. The first-order valence-electron chi connectivity index (χ1n) is 8.51. The number of rotatable bonds is 6. The highest BCUT2D eigenvalue weighted by Gasteiger charge is 2.19. The number of hydrogen-bond acceptors (Lipinski definition) is 4. The molecule has 0 amide bonds. The van der Waals surface area contributed by atoms with Gasteiger partial charge in [-0.1, -0.05) is 12.1 Å². The van der Waals surface area contributed by atoms with E-state index < -0.39 is 10.0 Å². The first-order valence-corrected chi connectivity index (χ1v) is 11.2. The molecule has 2 aromatic carbocycles. The van der Waals surface area contributed by atoms with Gasteiger partial charge in [-0.3, -0.25) is 0 Å². The highest BCUT2D eigenvalue weighted by atomic mass is 32.2. The fraction of sp³-hybridized carbons (Fsp3) is 0.368. The summed E-state index contributed by atoms with van der Waals surface area (Å²) in [5.74, 6) is 0. The Morgan fingerprint density at radius 2 is 1.60 bits per heavy atom. The maximum Gasteiger partial charge on any atom is 0.241 e. The third-order valence-electron chi connectivity index (χ3n) is 4.57. The van der Waals surface area contributed by atoms with Crippen molar-refractivity contribution in [2.45, 2.75) is 35.6 Å². The van der Waals surface area contributed by atoms with Crippen molar-refractivity contribution in [3.05, 3.63) is 54.1 Å². The summed E-state index contributed by atoms with van der Waals surface area (Å²) >= 11 is 1.59. The molecule has 4 nitrogen and oxygen atoms in total. The van der Waals surface area contributed by atoms with Gasteiger partial charge in [-0.2, -0.15) is 0 Å². The number of thioether (sulfide) groups is 1. The number of nitrogens with zero attached hydrogens (tertiary/aromatic N) is 1. The number of anilines is 1. The van der Waals surface area contributed by atoms with E-state index in [4.69, 9.17) is 0 Å². The van der Waals surface area contributed by atoms with Crippen LogP contribution in [0.25, 0.3) is 0 Å². The number of benzene rings is 2. The average Bonchev–Trinajstić information content (AvgIpc) is 3.16. The molecule has 6 heteroatoms. The van der Waals surface area contributed by atoms with E-state index in [9.17, 15) is 8.42 Å². The van der Waals surface area contributed by atoms with Crippen molar-refractivity contribution >= 4 is 27.5 Å². The maximum absolute atomic E-state index is 12.6. The van der Waals surface area contributed by atoms with Crippen molar-refractivity contribution < 1.29 is 8.42 Å². The van der Waals surface area contributed by atoms with Crippen LogP contribution in [0.3, 0.4) is 0 Å². The smallest absolute Gasteiger partial charge is 0.241 e. The third-order valence-corrected chi connectivity index (χ3v) is 6.87. The summed E-state index contributed by atoms with van der Waals surface area (Å²) in [4.78, 5) is 3.71. The summed E-state index contributed by atoms with van der Waals surface area (Å²) in [6, 6.07) is 14.9. The van der Waals surface area contributed by atoms with Gasteiger partial charge in [0.05, 0.1) is 4.90 Å². The van der Waals surface area contributed by atoms with Gasteiger partial charge in [0.1, 0.15) is 0 Å². The van der Waals surface area contributed by atoms with E-state index in [0.29, 0.717) is 4.90 Å². The Bertz CT molecular complexity index is 796. The molecule has 0 bridgehead atoms. The van der Waals surface area contributed by atoms with Gasteiger partial charge in [0.25, 0.3) is 0 Å². The van der Waals surface area contributed by atoms with Crippen molar-refractivity contribution in [2.24, 2.45) is 0 Å². The Morgan fingerprint density at radius 1 is 1.00 bits per heavy atom. The molecular weight excluding hydrogens is 352 g/mol. The van der Waals surface area contributed by atoms with E-state index >= 15 is 0 Å². The molecule has 0 radical (unpaired) electrons. The maximum atomic E-state index is 12.6. The van der Waals surface area contributed by atoms with E-state index in [-0.39, 0.29) is 6.04 Å². The molecule has 0 saturated carbocycles. The molecule has 0 aliphatic carbocycles. The van der Waals surface area contributed by atoms with Gasteiger partial charge in [0.2, 0.25) is 10.0 Å². The Kier molecular flexibility index (Phi) is 5.71.